The van der Waals surface area contributed by atoms with Crippen LogP contribution in [0.3, 0.4) is 0 Å². The van der Waals surface area contributed by atoms with Crippen LogP contribution in [-0.4, -0.2) is 15.2 Å². The molecule has 0 atom stereocenters. The lowest BCUT2D eigenvalue weighted by molar-refractivity contribution is 0.630. The fourth-order valence-electron chi connectivity index (χ4n) is 1.82. The molecule has 2 heterocycles. The Bertz CT molecular complexity index is 787. The summed E-state index contributed by atoms with van der Waals surface area (Å²) in [5, 5.41) is 15.6. The molecule has 0 spiro atoms. The van der Waals surface area contributed by atoms with E-state index in [1.54, 1.807) is 23.5 Å². The van der Waals surface area contributed by atoms with Gasteiger partial charge in [-0.1, -0.05) is 34.2 Å². The maximum absolute atomic E-state index is 13.8. The number of hydrogen-bond acceptors (Lipinski definition) is 6. The van der Waals surface area contributed by atoms with E-state index in [2.05, 4.69) is 43.4 Å². The number of benzene rings is 1. The predicted octanol–water partition coefficient (Wildman–Crippen LogP) is 4.74. The van der Waals surface area contributed by atoms with E-state index in [0.717, 1.165) is 21.6 Å². The number of nitrogens with zero attached hydrogens (tertiary/aromatic N) is 3. The Morgan fingerprint density at radius 2 is 2.18 bits per heavy atom. The van der Waals surface area contributed by atoms with Gasteiger partial charge in [0.2, 0.25) is 5.13 Å². The topological polar surface area (TPSA) is 50.7 Å². The van der Waals surface area contributed by atoms with E-state index < -0.39 is 0 Å². The fourth-order valence-corrected chi connectivity index (χ4v) is 3.69. The summed E-state index contributed by atoms with van der Waals surface area (Å²) < 4.78 is 14.7. The van der Waals surface area contributed by atoms with Crippen molar-refractivity contribution < 1.29 is 4.39 Å². The summed E-state index contributed by atoms with van der Waals surface area (Å²) in [6.45, 7) is 2.67. The van der Waals surface area contributed by atoms with Gasteiger partial charge in [-0.05, 0) is 24.6 Å². The van der Waals surface area contributed by atoms with Crippen molar-refractivity contribution in [1.82, 2.24) is 15.2 Å². The van der Waals surface area contributed by atoms with Crippen LogP contribution < -0.4 is 5.32 Å². The van der Waals surface area contributed by atoms with E-state index >= 15 is 0 Å². The first-order valence-corrected chi connectivity index (χ1v) is 9.10. The molecule has 0 amide bonds. The summed E-state index contributed by atoms with van der Waals surface area (Å²) in [6, 6.07) is 4.77. The zero-order chi connectivity index (χ0) is 15.5. The molecule has 0 aliphatic rings. The molecule has 4 nitrogen and oxygen atoms in total. The lowest BCUT2D eigenvalue weighted by atomic mass is 10.2. The third kappa shape index (κ3) is 3.50. The first-order valence-electron chi connectivity index (χ1n) is 6.61. The van der Waals surface area contributed by atoms with Gasteiger partial charge in [0.15, 0.2) is 5.01 Å². The van der Waals surface area contributed by atoms with Crippen LogP contribution >= 0.6 is 38.6 Å². The number of aromatic nitrogens is 3. The number of anilines is 1. The van der Waals surface area contributed by atoms with Crippen molar-refractivity contribution in [2.75, 3.05) is 5.32 Å². The van der Waals surface area contributed by atoms with Crippen molar-refractivity contribution in [3.63, 3.8) is 0 Å². The van der Waals surface area contributed by atoms with E-state index in [9.17, 15) is 4.39 Å². The van der Waals surface area contributed by atoms with Gasteiger partial charge in [0.1, 0.15) is 5.82 Å². The van der Waals surface area contributed by atoms with Gasteiger partial charge in [0.05, 0.1) is 17.2 Å². The second-order valence-electron chi connectivity index (χ2n) is 4.48. The van der Waals surface area contributed by atoms with E-state index in [-0.39, 0.29) is 5.82 Å². The molecule has 0 aliphatic heterocycles. The predicted molar refractivity (Wildman–Crippen MR) is 91.8 cm³/mol. The first kappa shape index (κ1) is 15.5. The maximum atomic E-state index is 13.8. The molecule has 8 heteroatoms. The molecule has 0 fully saturated rings. The quantitative estimate of drug-likeness (QED) is 0.674. The minimum atomic E-state index is -0.307. The number of aryl methyl sites for hydroxylation is 1. The maximum Gasteiger partial charge on any atom is 0.206 e. The summed E-state index contributed by atoms with van der Waals surface area (Å²) >= 11 is 6.31. The second-order valence-corrected chi connectivity index (χ2v) is 7.31. The number of hydrogen-bond donors (Lipinski definition) is 1. The van der Waals surface area contributed by atoms with Crippen molar-refractivity contribution in [2.45, 2.75) is 19.9 Å². The van der Waals surface area contributed by atoms with Crippen molar-refractivity contribution in [1.29, 1.82) is 0 Å². The number of nitrogens with one attached hydrogen (secondary N) is 1. The van der Waals surface area contributed by atoms with Crippen molar-refractivity contribution in [3.8, 4) is 10.6 Å². The molecule has 0 unspecified atom stereocenters. The summed E-state index contributed by atoms with van der Waals surface area (Å²) in [6.07, 6.45) is 0.940. The van der Waals surface area contributed by atoms with E-state index in [1.807, 2.05) is 5.38 Å². The van der Waals surface area contributed by atoms with Crippen molar-refractivity contribution >= 4 is 43.7 Å². The summed E-state index contributed by atoms with van der Waals surface area (Å²) in [7, 11) is 0. The van der Waals surface area contributed by atoms with Gasteiger partial charge in [0, 0.05) is 15.4 Å². The molecule has 2 aromatic heterocycles. The molecular formula is C14H12BrFN4S2. The fraction of sp³-hybridized carbons (Fsp3) is 0.214. The third-order valence-corrected chi connectivity index (χ3v) is 5.36. The second kappa shape index (κ2) is 6.80. The number of halogens is 2. The van der Waals surface area contributed by atoms with Crippen molar-refractivity contribution in [3.05, 3.63) is 44.6 Å². The minimum Gasteiger partial charge on any atom is -0.354 e. The number of rotatable bonds is 5. The third-order valence-electron chi connectivity index (χ3n) is 2.91. The van der Waals surface area contributed by atoms with Crippen molar-refractivity contribution in [2.24, 2.45) is 0 Å². The highest BCUT2D eigenvalue weighted by Gasteiger charge is 2.12. The molecular weight excluding hydrogens is 387 g/mol. The van der Waals surface area contributed by atoms with Gasteiger partial charge in [0.25, 0.3) is 0 Å². The van der Waals surface area contributed by atoms with Gasteiger partial charge >= 0.3 is 0 Å². The van der Waals surface area contributed by atoms with Crippen LogP contribution in [0.1, 0.15) is 17.6 Å². The Labute approximate surface area is 143 Å². The van der Waals surface area contributed by atoms with Crippen LogP contribution in [0.4, 0.5) is 9.52 Å². The zero-order valence-corrected chi connectivity index (χ0v) is 14.9. The van der Waals surface area contributed by atoms with Crippen LogP contribution in [0.15, 0.2) is 28.1 Å². The Morgan fingerprint density at radius 1 is 1.32 bits per heavy atom. The minimum absolute atomic E-state index is 0.307. The number of thiazole rings is 1. The highest BCUT2D eigenvalue weighted by molar-refractivity contribution is 9.10. The average molecular weight is 399 g/mol. The molecule has 0 saturated heterocycles. The summed E-state index contributed by atoms with van der Waals surface area (Å²) in [5.74, 6) is -0.307. The molecule has 0 aliphatic carbocycles. The Balaban J connectivity index is 1.72. The molecule has 0 saturated carbocycles. The Morgan fingerprint density at radius 3 is 2.95 bits per heavy atom. The molecule has 3 rings (SSSR count). The van der Waals surface area contributed by atoms with E-state index in [4.69, 9.17) is 0 Å². The molecule has 114 valence electrons. The van der Waals surface area contributed by atoms with Crippen LogP contribution in [0, 0.1) is 5.82 Å². The molecule has 22 heavy (non-hydrogen) atoms. The van der Waals surface area contributed by atoms with Gasteiger partial charge in [-0.2, -0.15) is 0 Å². The van der Waals surface area contributed by atoms with Gasteiger partial charge < -0.3 is 5.32 Å². The van der Waals surface area contributed by atoms with Crippen LogP contribution in [0.5, 0.6) is 0 Å². The zero-order valence-electron chi connectivity index (χ0n) is 11.6. The first-order chi connectivity index (χ1) is 10.7. The SMILES string of the molecule is CCc1nc(CNc2nnc(-c3cc(Br)ccc3F)s2)cs1. The molecule has 1 aromatic carbocycles. The van der Waals surface area contributed by atoms with Gasteiger partial charge in [-0.15, -0.1) is 21.5 Å². The largest absolute Gasteiger partial charge is 0.354 e. The average Bonchev–Trinajstić information content (AvgIpc) is 3.16. The smallest absolute Gasteiger partial charge is 0.206 e. The lowest BCUT2D eigenvalue weighted by Gasteiger charge is -1.99. The molecule has 0 radical (unpaired) electrons. The molecule has 1 N–H and O–H groups in total. The normalized spacial score (nSPS) is 10.9. The Kier molecular flexibility index (Phi) is 4.80. The summed E-state index contributed by atoms with van der Waals surface area (Å²) in [5.41, 5.74) is 1.43. The van der Waals surface area contributed by atoms with E-state index in [0.29, 0.717) is 22.2 Å². The molecule has 3 aromatic rings. The molecule has 0 bridgehead atoms. The highest BCUT2D eigenvalue weighted by Crippen LogP contribution is 2.30. The summed E-state index contributed by atoms with van der Waals surface area (Å²) in [4.78, 5) is 4.48. The highest BCUT2D eigenvalue weighted by atomic mass is 79.9. The standard InChI is InChI=1S/C14H12BrFN4S2/c1-2-12-18-9(7-21-12)6-17-14-20-19-13(22-14)10-5-8(15)3-4-11(10)16/h3-5,7H,2,6H2,1H3,(H,17,20). The Hall–Kier alpha value is -1.38. The van der Waals surface area contributed by atoms with Gasteiger partial charge in [-0.3, -0.25) is 0 Å². The van der Waals surface area contributed by atoms with Crippen LogP contribution in [-0.2, 0) is 13.0 Å². The van der Waals surface area contributed by atoms with Crippen LogP contribution in [0.2, 0.25) is 0 Å². The monoisotopic (exact) mass is 398 g/mol. The van der Waals surface area contributed by atoms with Gasteiger partial charge in [-0.25, -0.2) is 9.37 Å². The van der Waals surface area contributed by atoms with Crippen LogP contribution in [0.25, 0.3) is 10.6 Å². The lowest BCUT2D eigenvalue weighted by Crippen LogP contribution is -1.99. The van der Waals surface area contributed by atoms with E-state index in [1.165, 1.54) is 17.4 Å².